The third kappa shape index (κ3) is 7.28. The molecule has 1 unspecified atom stereocenters. The Kier molecular flexibility index (Phi) is 8.23. The molecule has 1 aliphatic rings. The summed E-state index contributed by atoms with van der Waals surface area (Å²) >= 11 is 0. The minimum atomic E-state index is -0.0377. The lowest BCUT2D eigenvalue weighted by atomic mass is 10.1. The van der Waals surface area contributed by atoms with Crippen LogP contribution in [0.2, 0.25) is 0 Å². The third-order valence-corrected chi connectivity index (χ3v) is 3.00. The van der Waals surface area contributed by atoms with Crippen LogP contribution in [0, 0.1) is 0 Å². The zero-order valence-electron chi connectivity index (χ0n) is 11.4. The maximum Gasteiger partial charge on any atom is 0.244 e. The Morgan fingerprint density at radius 3 is 3.00 bits per heavy atom. The van der Waals surface area contributed by atoms with Crippen LogP contribution < -0.4 is 5.32 Å². The van der Waals surface area contributed by atoms with Crippen molar-refractivity contribution in [1.29, 1.82) is 0 Å². The van der Waals surface area contributed by atoms with Gasteiger partial charge in [0.05, 0.1) is 6.10 Å². The van der Waals surface area contributed by atoms with Crippen LogP contribution in [-0.2, 0) is 9.53 Å². The van der Waals surface area contributed by atoms with Crippen molar-refractivity contribution in [3.63, 3.8) is 0 Å². The zero-order valence-corrected chi connectivity index (χ0v) is 11.4. The highest BCUT2D eigenvalue weighted by atomic mass is 16.5. The van der Waals surface area contributed by atoms with E-state index in [9.17, 15) is 4.79 Å². The van der Waals surface area contributed by atoms with Crippen molar-refractivity contribution in [2.24, 2.45) is 0 Å². The lowest BCUT2D eigenvalue weighted by molar-refractivity contribution is -0.117. The Balaban J connectivity index is 2.08. The second kappa shape index (κ2) is 9.89. The molecule has 0 aromatic heterocycles. The molecule has 102 valence electrons. The minimum absolute atomic E-state index is 0.0377. The van der Waals surface area contributed by atoms with E-state index in [-0.39, 0.29) is 12.0 Å². The van der Waals surface area contributed by atoms with Crippen molar-refractivity contribution < 1.29 is 9.53 Å². The number of carbonyl (C=O) groups excluding carboxylic acids is 1. The van der Waals surface area contributed by atoms with Gasteiger partial charge in [0.2, 0.25) is 5.91 Å². The van der Waals surface area contributed by atoms with Gasteiger partial charge >= 0.3 is 0 Å². The van der Waals surface area contributed by atoms with Crippen LogP contribution in [0.3, 0.4) is 0 Å². The van der Waals surface area contributed by atoms with Crippen LogP contribution in [0.4, 0.5) is 0 Å². The van der Waals surface area contributed by atoms with E-state index in [0.717, 1.165) is 25.9 Å². The van der Waals surface area contributed by atoms with Crippen molar-refractivity contribution in [2.75, 3.05) is 13.2 Å². The Morgan fingerprint density at radius 1 is 1.39 bits per heavy atom. The van der Waals surface area contributed by atoms with Crippen molar-refractivity contribution in [2.45, 2.75) is 51.6 Å². The van der Waals surface area contributed by atoms with E-state index in [1.807, 2.05) is 6.08 Å². The molecule has 0 spiro atoms. The van der Waals surface area contributed by atoms with E-state index in [1.165, 1.54) is 19.3 Å². The van der Waals surface area contributed by atoms with Crippen molar-refractivity contribution in [1.82, 2.24) is 5.32 Å². The number of rotatable bonds is 7. The van der Waals surface area contributed by atoms with Gasteiger partial charge in [-0.25, -0.2) is 0 Å². The highest BCUT2D eigenvalue weighted by Gasteiger charge is 2.13. The number of carbonyl (C=O) groups is 1. The number of hydrogen-bond donors (Lipinski definition) is 1. The summed E-state index contributed by atoms with van der Waals surface area (Å²) < 4.78 is 5.55. The van der Waals surface area contributed by atoms with Gasteiger partial charge in [-0.05, 0) is 25.7 Å². The van der Waals surface area contributed by atoms with E-state index in [4.69, 9.17) is 4.74 Å². The molecular weight excluding hydrogens is 226 g/mol. The molecule has 18 heavy (non-hydrogen) atoms. The molecule has 0 aromatic carbocycles. The van der Waals surface area contributed by atoms with E-state index >= 15 is 0 Å². The molecule has 1 heterocycles. The van der Waals surface area contributed by atoms with Crippen LogP contribution in [-0.4, -0.2) is 25.2 Å². The first kappa shape index (κ1) is 15.0. The van der Waals surface area contributed by atoms with Crippen LogP contribution in [0.5, 0.6) is 0 Å². The number of amides is 1. The Labute approximate surface area is 110 Å². The summed E-state index contributed by atoms with van der Waals surface area (Å²) in [6, 6.07) is 0. The minimum Gasteiger partial charge on any atom is -0.376 e. The largest absolute Gasteiger partial charge is 0.376 e. The Hall–Kier alpha value is -1.09. The zero-order chi connectivity index (χ0) is 13.1. The second-order valence-electron chi connectivity index (χ2n) is 4.66. The molecule has 0 aliphatic carbocycles. The van der Waals surface area contributed by atoms with Gasteiger partial charge < -0.3 is 10.1 Å². The molecule has 0 bridgehead atoms. The van der Waals surface area contributed by atoms with Crippen molar-refractivity contribution in [3.8, 4) is 0 Å². The van der Waals surface area contributed by atoms with Crippen molar-refractivity contribution in [3.05, 3.63) is 24.3 Å². The maximum atomic E-state index is 11.5. The highest BCUT2D eigenvalue weighted by Crippen LogP contribution is 2.11. The molecule has 1 amide bonds. The number of ether oxygens (including phenoxy) is 1. The summed E-state index contributed by atoms with van der Waals surface area (Å²) in [5.41, 5.74) is 0. The van der Waals surface area contributed by atoms with Gasteiger partial charge in [0.25, 0.3) is 0 Å². The maximum absolute atomic E-state index is 11.5. The molecule has 3 heteroatoms. The first-order chi connectivity index (χ1) is 8.83. The Morgan fingerprint density at radius 2 is 2.28 bits per heavy atom. The van der Waals surface area contributed by atoms with Crippen molar-refractivity contribution >= 4 is 5.91 Å². The van der Waals surface area contributed by atoms with E-state index in [2.05, 4.69) is 18.3 Å². The summed E-state index contributed by atoms with van der Waals surface area (Å²) in [6.45, 7) is 3.63. The molecule has 0 saturated carbocycles. The fourth-order valence-corrected chi connectivity index (χ4v) is 1.88. The van der Waals surface area contributed by atoms with Crippen LogP contribution >= 0.6 is 0 Å². The van der Waals surface area contributed by atoms with Gasteiger partial charge in [0, 0.05) is 19.2 Å². The molecule has 1 aliphatic heterocycles. The summed E-state index contributed by atoms with van der Waals surface area (Å²) in [4.78, 5) is 11.5. The second-order valence-corrected chi connectivity index (χ2v) is 4.66. The monoisotopic (exact) mass is 251 g/mol. The first-order valence-corrected chi connectivity index (χ1v) is 7.05. The number of allylic oxidation sites excluding steroid dienone is 3. The fourth-order valence-electron chi connectivity index (χ4n) is 1.88. The lowest BCUT2D eigenvalue weighted by Gasteiger charge is -2.22. The standard InChI is InChI=1S/C15H25NO2/c1-2-3-4-5-6-7-11-15(17)16-13-14-10-8-9-12-18-14/h5-7,11,14H,2-4,8-10,12-13H2,1H3,(H,16,17). The van der Waals surface area contributed by atoms with Gasteiger partial charge in [-0.1, -0.05) is 38.0 Å². The quantitative estimate of drug-likeness (QED) is 0.429. The molecular formula is C15H25NO2. The molecule has 1 fully saturated rings. The number of unbranched alkanes of at least 4 members (excludes halogenated alkanes) is 2. The normalized spacial score (nSPS) is 20.6. The molecule has 1 atom stereocenters. The molecule has 0 aromatic rings. The van der Waals surface area contributed by atoms with Crippen LogP contribution in [0.1, 0.15) is 45.4 Å². The topological polar surface area (TPSA) is 38.3 Å². The number of hydrogen-bond acceptors (Lipinski definition) is 2. The first-order valence-electron chi connectivity index (χ1n) is 7.05. The fraction of sp³-hybridized carbons (Fsp3) is 0.667. The summed E-state index contributed by atoms with van der Waals surface area (Å²) in [6.07, 6.45) is 14.5. The highest BCUT2D eigenvalue weighted by molar-refractivity contribution is 5.87. The van der Waals surface area contributed by atoms with Gasteiger partial charge in [-0.15, -0.1) is 0 Å². The molecule has 1 N–H and O–H groups in total. The Bertz CT molecular complexity index is 278. The molecule has 3 nitrogen and oxygen atoms in total. The molecule has 1 rings (SSSR count). The van der Waals surface area contributed by atoms with E-state index < -0.39 is 0 Å². The average Bonchev–Trinajstić information content (AvgIpc) is 2.41. The van der Waals surface area contributed by atoms with Gasteiger partial charge in [-0.2, -0.15) is 0 Å². The third-order valence-electron chi connectivity index (χ3n) is 3.00. The number of nitrogens with one attached hydrogen (secondary N) is 1. The predicted molar refractivity (Wildman–Crippen MR) is 74.4 cm³/mol. The van der Waals surface area contributed by atoms with Crippen LogP contribution in [0.25, 0.3) is 0 Å². The SMILES string of the molecule is CCCCC=CC=CC(=O)NCC1CCCCO1. The van der Waals surface area contributed by atoms with Crippen LogP contribution in [0.15, 0.2) is 24.3 Å². The molecule has 1 saturated heterocycles. The van der Waals surface area contributed by atoms with Gasteiger partial charge in [0.1, 0.15) is 0 Å². The predicted octanol–water partition coefficient (Wildman–Crippen LogP) is 2.97. The van der Waals surface area contributed by atoms with E-state index in [1.54, 1.807) is 12.2 Å². The smallest absolute Gasteiger partial charge is 0.244 e. The lowest BCUT2D eigenvalue weighted by Crippen LogP contribution is -2.34. The average molecular weight is 251 g/mol. The van der Waals surface area contributed by atoms with Gasteiger partial charge in [-0.3, -0.25) is 4.79 Å². The van der Waals surface area contributed by atoms with Gasteiger partial charge in [0.15, 0.2) is 0 Å². The summed E-state index contributed by atoms with van der Waals surface area (Å²) in [7, 11) is 0. The van der Waals surface area contributed by atoms with E-state index in [0.29, 0.717) is 6.54 Å². The molecule has 0 radical (unpaired) electrons. The summed E-state index contributed by atoms with van der Waals surface area (Å²) in [5, 5.41) is 2.87. The summed E-state index contributed by atoms with van der Waals surface area (Å²) in [5.74, 6) is -0.0377.